The van der Waals surface area contributed by atoms with E-state index in [1.807, 2.05) is 0 Å². The van der Waals surface area contributed by atoms with Gasteiger partial charge in [-0.15, -0.1) is 0 Å². The standard InChI is InChI=1S/C16H33N3O/c1-6-7-18(15-8-17-9-15)12-16(20)19(10-13(2)3)11-14(4)5/h13-15,17H,6-12H2,1-5H3. The Kier molecular flexibility index (Phi) is 7.52. The lowest BCUT2D eigenvalue weighted by molar-refractivity contribution is -0.134. The van der Waals surface area contributed by atoms with E-state index in [0.29, 0.717) is 30.3 Å². The first kappa shape index (κ1) is 17.4. The van der Waals surface area contributed by atoms with Gasteiger partial charge in [-0.05, 0) is 24.8 Å². The first-order valence-electron chi connectivity index (χ1n) is 8.16. The molecular formula is C16H33N3O. The molecule has 1 fully saturated rings. The number of nitrogens with zero attached hydrogens (tertiary/aromatic N) is 2. The highest BCUT2D eigenvalue weighted by atomic mass is 16.2. The van der Waals surface area contributed by atoms with Gasteiger partial charge in [0.25, 0.3) is 0 Å². The lowest BCUT2D eigenvalue weighted by Gasteiger charge is -2.39. The molecule has 0 radical (unpaired) electrons. The van der Waals surface area contributed by atoms with E-state index in [1.54, 1.807) is 0 Å². The first-order chi connectivity index (χ1) is 9.43. The summed E-state index contributed by atoms with van der Waals surface area (Å²) >= 11 is 0. The number of rotatable bonds is 9. The van der Waals surface area contributed by atoms with Gasteiger partial charge in [-0.2, -0.15) is 0 Å². The summed E-state index contributed by atoms with van der Waals surface area (Å²) in [5, 5.41) is 3.30. The second-order valence-corrected chi connectivity index (χ2v) is 6.87. The average Bonchev–Trinajstić information content (AvgIpc) is 2.24. The van der Waals surface area contributed by atoms with E-state index >= 15 is 0 Å². The molecule has 0 atom stereocenters. The minimum Gasteiger partial charge on any atom is -0.341 e. The molecular weight excluding hydrogens is 250 g/mol. The van der Waals surface area contributed by atoms with Crippen LogP contribution in [0.15, 0.2) is 0 Å². The predicted octanol–water partition coefficient (Wildman–Crippen LogP) is 1.81. The molecule has 4 heteroatoms. The predicted molar refractivity (Wildman–Crippen MR) is 84.8 cm³/mol. The van der Waals surface area contributed by atoms with Gasteiger partial charge in [-0.25, -0.2) is 0 Å². The third kappa shape index (κ3) is 5.80. The molecule has 0 aliphatic carbocycles. The Morgan fingerprint density at radius 1 is 1.15 bits per heavy atom. The Morgan fingerprint density at radius 2 is 1.70 bits per heavy atom. The van der Waals surface area contributed by atoms with Gasteiger partial charge in [-0.1, -0.05) is 34.6 Å². The molecule has 1 saturated heterocycles. The Balaban J connectivity index is 2.56. The van der Waals surface area contributed by atoms with Crippen LogP contribution in [0.25, 0.3) is 0 Å². The van der Waals surface area contributed by atoms with E-state index in [2.05, 4.69) is 49.7 Å². The smallest absolute Gasteiger partial charge is 0.236 e. The van der Waals surface area contributed by atoms with Crippen molar-refractivity contribution in [3.05, 3.63) is 0 Å². The van der Waals surface area contributed by atoms with Crippen LogP contribution >= 0.6 is 0 Å². The summed E-state index contributed by atoms with van der Waals surface area (Å²) in [5.41, 5.74) is 0. The van der Waals surface area contributed by atoms with E-state index in [9.17, 15) is 4.79 Å². The Hall–Kier alpha value is -0.610. The minimum atomic E-state index is 0.299. The highest BCUT2D eigenvalue weighted by molar-refractivity contribution is 5.78. The van der Waals surface area contributed by atoms with Crippen LogP contribution in [0.1, 0.15) is 41.0 Å². The highest BCUT2D eigenvalue weighted by Gasteiger charge is 2.27. The molecule has 4 nitrogen and oxygen atoms in total. The van der Waals surface area contributed by atoms with Gasteiger partial charge in [0, 0.05) is 32.2 Å². The van der Waals surface area contributed by atoms with Crippen LogP contribution in [0.4, 0.5) is 0 Å². The van der Waals surface area contributed by atoms with Crippen LogP contribution in [0.3, 0.4) is 0 Å². The number of carbonyl (C=O) groups excluding carboxylic acids is 1. The van der Waals surface area contributed by atoms with Crippen LogP contribution in [0.2, 0.25) is 0 Å². The van der Waals surface area contributed by atoms with Crippen molar-refractivity contribution >= 4 is 5.91 Å². The summed E-state index contributed by atoms with van der Waals surface area (Å²) in [6.45, 7) is 16.3. The van der Waals surface area contributed by atoms with Crippen molar-refractivity contribution in [3.8, 4) is 0 Å². The van der Waals surface area contributed by atoms with E-state index in [0.717, 1.165) is 39.1 Å². The second-order valence-electron chi connectivity index (χ2n) is 6.87. The van der Waals surface area contributed by atoms with Crippen molar-refractivity contribution in [1.82, 2.24) is 15.1 Å². The van der Waals surface area contributed by atoms with Crippen molar-refractivity contribution in [3.63, 3.8) is 0 Å². The van der Waals surface area contributed by atoms with Gasteiger partial charge in [0.05, 0.1) is 6.54 Å². The van der Waals surface area contributed by atoms with Crippen molar-refractivity contribution in [1.29, 1.82) is 0 Å². The molecule has 0 bridgehead atoms. The third-order valence-corrected chi connectivity index (χ3v) is 3.65. The van der Waals surface area contributed by atoms with Crippen molar-refractivity contribution in [2.75, 3.05) is 39.3 Å². The fourth-order valence-electron chi connectivity index (χ4n) is 2.64. The Bertz CT molecular complexity index is 277. The Morgan fingerprint density at radius 3 is 2.05 bits per heavy atom. The fraction of sp³-hybridized carbons (Fsp3) is 0.938. The largest absolute Gasteiger partial charge is 0.341 e. The van der Waals surface area contributed by atoms with Gasteiger partial charge < -0.3 is 10.2 Å². The zero-order valence-electron chi connectivity index (χ0n) is 14.0. The summed E-state index contributed by atoms with van der Waals surface area (Å²) in [5.74, 6) is 1.36. The molecule has 0 unspecified atom stereocenters. The van der Waals surface area contributed by atoms with Gasteiger partial charge in [0.1, 0.15) is 0 Å². The maximum atomic E-state index is 12.6. The fourth-order valence-corrected chi connectivity index (χ4v) is 2.64. The molecule has 0 aromatic carbocycles. The number of amides is 1. The van der Waals surface area contributed by atoms with E-state index < -0.39 is 0 Å². The lowest BCUT2D eigenvalue weighted by Crippen LogP contribution is -2.59. The van der Waals surface area contributed by atoms with Crippen LogP contribution in [0, 0.1) is 11.8 Å². The van der Waals surface area contributed by atoms with Crippen molar-refractivity contribution in [2.24, 2.45) is 11.8 Å². The van der Waals surface area contributed by atoms with Gasteiger partial charge in [-0.3, -0.25) is 9.69 Å². The van der Waals surface area contributed by atoms with Crippen LogP contribution in [-0.4, -0.2) is 61.0 Å². The molecule has 0 aromatic heterocycles. The summed E-state index contributed by atoms with van der Waals surface area (Å²) in [4.78, 5) is 17.0. The molecule has 1 heterocycles. The third-order valence-electron chi connectivity index (χ3n) is 3.65. The maximum absolute atomic E-state index is 12.6. The first-order valence-corrected chi connectivity index (χ1v) is 8.16. The minimum absolute atomic E-state index is 0.299. The zero-order valence-corrected chi connectivity index (χ0v) is 14.0. The van der Waals surface area contributed by atoms with Gasteiger partial charge in [0.2, 0.25) is 5.91 Å². The van der Waals surface area contributed by atoms with Crippen LogP contribution in [0.5, 0.6) is 0 Å². The van der Waals surface area contributed by atoms with E-state index in [4.69, 9.17) is 0 Å². The van der Waals surface area contributed by atoms with Crippen molar-refractivity contribution in [2.45, 2.75) is 47.1 Å². The van der Waals surface area contributed by atoms with Gasteiger partial charge >= 0.3 is 0 Å². The SMILES string of the molecule is CCCN(CC(=O)N(CC(C)C)CC(C)C)C1CNC1. The molecule has 118 valence electrons. The Labute approximate surface area is 124 Å². The summed E-state index contributed by atoms with van der Waals surface area (Å²) in [6.07, 6.45) is 1.11. The molecule has 0 saturated carbocycles. The average molecular weight is 283 g/mol. The van der Waals surface area contributed by atoms with E-state index in [-0.39, 0.29) is 0 Å². The zero-order chi connectivity index (χ0) is 15.1. The molecule has 1 amide bonds. The monoisotopic (exact) mass is 283 g/mol. The molecule has 1 N–H and O–H groups in total. The molecule has 1 aliphatic rings. The molecule has 0 aromatic rings. The number of carbonyl (C=O) groups is 1. The van der Waals surface area contributed by atoms with Crippen LogP contribution < -0.4 is 5.32 Å². The molecule has 1 rings (SSSR count). The topological polar surface area (TPSA) is 35.6 Å². The maximum Gasteiger partial charge on any atom is 0.236 e. The lowest BCUT2D eigenvalue weighted by atomic mass is 10.1. The van der Waals surface area contributed by atoms with E-state index in [1.165, 1.54) is 0 Å². The molecule has 0 spiro atoms. The summed E-state index contributed by atoms with van der Waals surface area (Å²) < 4.78 is 0. The van der Waals surface area contributed by atoms with Crippen molar-refractivity contribution < 1.29 is 4.79 Å². The quantitative estimate of drug-likeness (QED) is 0.701. The molecule has 20 heavy (non-hydrogen) atoms. The second kappa shape index (κ2) is 8.63. The number of nitrogens with one attached hydrogen (secondary N) is 1. The summed E-state index contributed by atoms with van der Waals surface area (Å²) in [6, 6.07) is 0.554. The van der Waals surface area contributed by atoms with Gasteiger partial charge in [0.15, 0.2) is 0 Å². The number of hydrogen-bond acceptors (Lipinski definition) is 3. The number of hydrogen-bond donors (Lipinski definition) is 1. The summed E-state index contributed by atoms with van der Waals surface area (Å²) in [7, 11) is 0. The highest BCUT2D eigenvalue weighted by Crippen LogP contribution is 2.09. The van der Waals surface area contributed by atoms with Crippen LogP contribution in [-0.2, 0) is 4.79 Å². The normalized spacial score (nSPS) is 16.0. The molecule has 1 aliphatic heterocycles.